The summed E-state index contributed by atoms with van der Waals surface area (Å²) in [6, 6.07) is 0.309. The fourth-order valence-corrected chi connectivity index (χ4v) is 2.86. The molecule has 0 bridgehead atoms. The topological polar surface area (TPSA) is 32.7 Å². The second-order valence-corrected chi connectivity index (χ2v) is 5.72. The van der Waals surface area contributed by atoms with Crippen molar-refractivity contribution < 1.29 is 9.84 Å². The van der Waals surface area contributed by atoms with Crippen LogP contribution in [0.1, 0.15) is 47.0 Å². The lowest BCUT2D eigenvalue weighted by Crippen LogP contribution is -2.53. The van der Waals surface area contributed by atoms with Crippen molar-refractivity contribution in [2.75, 3.05) is 26.3 Å². The van der Waals surface area contributed by atoms with E-state index >= 15 is 0 Å². The zero-order chi connectivity index (χ0) is 12.9. The van der Waals surface area contributed by atoms with E-state index in [0.29, 0.717) is 6.04 Å². The van der Waals surface area contributed by atoms with Crippen molar-refractivity contribution in [2.24, 2.45) is 5.41 Å². The van der Waals surface area contributed by atoms with Gasteiger partial charge in [0.2, 0.25) is 0 Å². The Hall–Kier alpha value is -0.120. The van der Waals surface area contributed by atoms with Crippen LogP contribution in [0.15, 0.2) is 0 Å². The van der Waals surface area contributed by atoms with E-state index in [9.17, 15) is 5.11 Å². The van der Waals surface area contributed by atoms with Crippen molar-refractivity contribution in [1.29, 1.82) is 0 Å². The first kappa shape index (κ1) is 14.9. The molecule has 1 fully saturated rings. The van der Waals surface area contributed by atoms with Gasteiger partial charge in [-0.05, 0) is 31.7 Å². The number of nitrogens with zero attached hydrogens (tertiary/aromatic N) is 1. The van der Waals surface area contributed by atoms with Gasteiger partial charge in [0, 0.05) is 19.2 Å². The molecule has 102 valence electrons. The van der Waals surface area contributed by atoms with Gasteiger partial charge in [0.05, 0.1) is 12.7 Å². The Morgan fingerprint density at radius 2 is 2.06 bits per heavy atom. The molecule has 1 aliphatic carbocycles. The molecule has 0 radical (unpaired) electrons. The van der Waals surface area contributed by atoms with Gasteiger partial charge in [0.1, 0.15) is 0 Å². The monoisotopic (exact) mass is 243 g/mol. The molecular weight excluding hydrogens is 214 g/mol. The molecule has 0 saturated heterocycles. The Morgan fingerprint density at radius 3 is 2.65 bits per heavy atom. The maximum atomic E-state index is 10.5. The van der Waals surface area contributed by atoms with E-state index in [2.05, 4.69) is 25.7 Å². The fraction of sp³-hybridized carbons (Fsp3) is 1.00. The first-order valence-corrected chi connectivity index (χ1v) is 7.02. The standard InChI is InChI=1S/C14H29NO2/c1-5-15(10-11-17-6-2)12-8-7-9-14(3,4)13(12)16/h12-13,16H,5-11H2,1-4H3. The Labute approximate surface area is 106 Å². The van der Waals surface area contributed by atoms with Gasteiger partial charge in [-0.15, -0.1) is 0 Å². The average Bonchev–Trinajstić information content (AvgIpc) is 2.29. The highest BCUT2D eigenvalue weighted by molar-refractivity contribution is 4.93. The second-order valence-electron chi connectivity index (χ2n) is 5.72. The van der Waals surface area contributed by atoms with E-state index in [-0.39, 0.29) is 11.5 Å². The molecule has 0 heterocycles. The van der Waals surface area contributed by atoms with Crippen LogP contribution in [0.5, 0.6) is 0 Å². The first-order chi connectivity index (χ1) is 8.03. The summed E-state index contributed by atoms with van der Waals surface area (Å²) in [7, 11) is 0. The minimum absolute atomic E-state index is 0.0575. The highest BCUT2D eigenvalue weighted by Gasteiger charge is 2.39. The van der Waals surface area contributed by atoms with Crippen molar-refractivity contribution in [3.05, 3.63) is 0 Å². The Morgan fingerprint density at radius 1 is 1.35 bits per heavy atom. The zero-order valence-electron chi connectivity index (χ0n) is 11.9. The molecule has 0 amide bonds. The molecule has 0 aromatic heterocycles. The van der Waals surface area contributed by atoms with E-state index in [4.69, 9.17) is 4.74 Å². The molecule has 3 nitrogen and oxygen atoms in total. The lowest BCUT2D eigenvalue weighted by molar-refractivity contribution is -0.0609. The molecule has 3 heteroatoms. The lowest BCUT2D eigenvalue weighted by atomic mass is 9.72. The van der Waals surface area contributed by atoms with Crippen LogP contribution >= 0.6 is 0 Å². The number of rotatable bonds is 6. The van der Waals surface area contributed by atoms with Gasteiger partial charge >= 0.3 is 0 Å². The summed E-state index contributed by atoms with van der Waals surface area (Å²) in [4.78, 5) is 2.38. The van der Waals surface area contributed by atoms with E-state index in [0.717, 1.165) is 39.1 Å². The average molecular weight is 243 g/mol. The largest absolute Gasteiger partial charge is 0.391 e. The molecule has 2 atom stereocenters. The molecule has 2 unspecified atom stereocenters. The van der Waals surface area contributed by atoms with Crippen LogP contribution in [0.2, 0.25) is 0 Å². The van der Waals surface area contributed by atoms with Crippen molar-refractivity contribution in [2.45, 2.75) is 59.1 Å². The van der Waals surface area contributed by atoms with Crippen LogP contribution in [-0.2, 0) is 4.74 Å². The van der Waals surface area contributed by atoms with Gasteiger partial charge in [-0.3, -0.25) is 4.90 Å². The van der Waals surface area contributed by atoms with Crippen LogP contribution in [0.25, 0.3) is 0 Å². The van der Waals surface area contributed by atoms with Gasteiger partial charge in [0.25, 0.3) is 0 Å². The predicted molar refractivity (Wildman–Crippen MR) is 71.2 cm³/mol. The summed E-state index contributed by atoms with van der Waals surface area (Å²) in [6.45, 7) is 12.0. The number of ether oxygens (including phenoxy) is 1. The predicted octanol–water partition coefficient (Wildman–Crippen LogP) is 2.28. The van der Waals surface area contributed by atoms with E-state index in [1.54, 1.807) is 0 Å². The Bertz CT molecular complexity index is 218. The second kappa shape index (κ2) is 6.72. The van der Waals surface area contributed by atoms with Gasteiger partial charge in [0.15, 0.2) is 0 Å². The van der Waals surface area contributed by atoms with Crippen LogP contribution < -0.4 is 0 Å². The fourth-order valence-electron chi connectivity index (χ4n) is 2.86. The number of hydrogen-bond acceptors (Lipinski definition) is 3. The number of aliphatic hydroxyl groups excluding tert-OH is 1. The highest BCUT2D eigenvalue weighted by Crippen LogP contribution is 2.37. The van der Waals surface area contributed by atoms with Crippen molar-refractivity contribution in [1.82, 2.24) is 4.90 Å². The molecule has 0 aromatic rings. The summed E-state index contributed by atoms with van der Waals surface area (Å²) in [5.74, 6) is 0. The minimum Gasteiger partial charge on any atom is -0.391 e. The van der Waals surface area contributed by atoms with Crippen molar-refractivity contribution in [3.8, 4) is 0 Å². The molecule has 1 aliphatic rings. The van der Waals surface area contributed by atoms with E-state index in [1.807, 2.05) is 6.92 Å². The number of likely N-dealkylation sites (N-methyl/N-ethyl adjacent to an activating group) is 1. The molecule has 0 spiro atoms. The summed E-state index contributed by atoms with van der Waals surface area (Å²) in [6.07, 6.45) is 3.26. The van der Waals surface area contributed by atoms with Crippen LogP contribution in [-0.4, -0.2) is 48.5 Å². The first-order valence-electron chi connectivity index (χ1n) is 7.02. The molecule has 1 N–H and O–H groups in total. The van der Waals surface area contributed by atoms with Gasteiger partial charge < -0.3 is 9.84 Å². The summed E-state index contributed by atoms with van der Waals surface area (Å²) in [5, 5.41) is 10.5. The van der Waals surface area contributed by atoms with Crippen LogP contribution in [0.3, 0.4) is 0 Å². The lowest BCUT2D eigenvalue weighted by Gasteiger charge is -2.45. The summed E-state index contributed by atoms with van der Waals surface area (Å²) < 4.78 is 5.42. The maximum Gasteiger partial charge on any atom is 0.0746 e. The Kier molecular flexibility index (Phi) is 5.90. The summed E-state index contributed by atoms with van der Waals surface area (Å²) >= 11 is 0. The zero-order valence-corrected chi connectivity index (χ0v) is 11.9. The SMILES string of the molecule is CCOCCN(CC)C1CCCC(C)(C)C1O. The van der Waals surface area contributed by atoms with Gasteiger partial charge in [-0.25, -0.2) is 0 Å². The van der Waals surface area contributed by atoms with E-state index < -0.39 is 0 Å². The quantitative estimate of drug-likeness (QED) is 0.727. The third-order valence-corrected chi connectivity index (χ3v) is 4.09. The highest BCUT2D eigenvalue weighted by atomic mass is 16.5. The molecule has 0 aliphatic heterocycles. The summed E-state index contributed by atoms with van der Waals surface area (Å²) in [5.41, 5.74) is 0.0575. The molecule has 0 aromatic carbocycles. The number of aliphatic hydroxyl groups is 1. The third-order valence-electron chi connectivity index (χ3n) is 4.09. The van der Waals surface area contributed by atoms with Gasteiger partial charge in [-0.1, -0.05) is 27.2 Å². The molecule has 1 rings (SSSR count). The van der Waals surface area contributed by atoms with Gasteiger partial charge in [-0.2, -0.15) is 0 Å². The maximum absolute atomic E-state index is 10.5. The van der Waals surface area contributed by atoms with Crippen molar-refractivity contribution >= 4 is 0 Å². The molecule has 1 saturated carbocycles. The van der Waals surface area contributed by atoms with Crippen LogP contribution in [0, 0.1) is 5.41 Å². The normalized spacial score (nSPS) is 28.6. The minimum atomic E-state index is -0.210. The third kappa shape index (κ3) is 3.94. The van der Waals surface area contributed by atoms with E-state index in [1.165, 1.54) is 6.42 Å². The smallest absolute Gasteiger partial charge is 0.0746 e. The van der Waals surface area contributed by atoms with Crippen molar-refractivity contribution in [3.63, 3.8) is 0 Å². The number of hydrogen-bond donors (Lipinski definition) is 1. The van der Waals surface area contributed by atoms with Crippen LogP contribution in [0.4, 0.5) is 0 Å². The molecular formula is C14H29NO2. The molecule has 17 heavy (non-hydrogen) atoms. The Balaban J connectivity index is 2.55.